The fraction of sp³-hybridized carbons (Fsp3) is 0.400. The maximum Gasteiger partial charge on any atom is 0.256 e. The molecule has 0 fully saturated rings. The summed E-state index contributed by atoms with van der Waals surface area (Å²) in [6.07, 6.45) is 2.66. The van der Waals surface area contributed by atoms with Crippen LogP contribution in [0.2, 0.25) is 5.22 Å². The molecule has 0 bridgehead atoms. The van der Waals surface area contributed by atoms with E-state index in [1.165, 1.54) is 12.3 Å². The first-order valence-corrected chi connectivity index (χ1v) is 5.49. The highest BCUT2D eigenvalue weighted by atomic mass is 35.5. The average Bonchev–Trinajstić information content (AvgIpc) is 2.73. The maximum absolute atomic E-state index is 11.8. The van der Waals surface area contributed by atoms with Crippen LogP contribution < -0.4 is 11.1 Å². The molecular formula is C10H14ClN3O3. The molecule has 94 valence electrons. The molecule has 1 heterocycles. The third-order valence-corrected chi connectivity index (χ3v) is 2.51. The third-order valence-electron chi connectivity index (χ3n) is 2.22. The molecular weight excluding hydrogens is 246 g/mol. The van der Waals surface area contributed by atoms with Gasteiger partial charge in [-0.15, -0.1) is 0 Å². The molecule has 0 aliphatic heterocycles. The molecule has 0 saturated carbocycles. The summed E-state index contributed by atoms with van der Waals surface area (Å²) in [4.78, 5) is 11.8. The molecule has 4 N–H and O–H groups in total. The predicted octanol–water partition coefficient (Wildman–Crippen LogP) is 1.58. The van der Waals surface area contributed by atoms with Gasteiger partial charge in [0.2, 0.25) is 5.22 Å². The zero-order chi connectivity index (χ0) is 12.8. The minimum Gasteiger partial charge on any atom is -0.452 e. The molecule has 1 unspecified atom stereocenters. The van der Waals surface area contributed by atoms with Gasteiger partial charge in [-0.05, 0) is 24.1 Å². The van der Waals surface area contributed by atoms with Gasteiger partial charge in [-0.25, -0.2) is 0 Å². The van der Waals surface area contributed by atoms with Crippen LogP contribution in [0.4, 0.5) is 0 Å². The fourth-order valence-corrected chi connectivity index (χ4v) is 1.54. The quantitative estimate of drug-likeness (QED) is 0.323. The monoisotopic (exact) mass is 259 g/mol. The van der Waals surface area contributed by atoms with Gasteiger partial charge in [0.05, 0.1) is 17.9 Å². The Morgan fingerprint density at radius 2 is 2.47 bits per heavy atom. The number of amides is 1. The summed E-state index contributed by atoms with van der Waals surface area (Å²) in [6.45, 7) is 1.93. The summed E-state index contributed by atoms with van der Waals surface area (Å²) in [7, 11) is 0. The molecule has 1 aromatic heterocycles. The zero-order valence-corrected chi connectivity index (χ0v) is 10.1. The molecule has 0 spiro atoms. The van der Waals surface area contributed by atoms with E-state index < -0.39 is 11.9 Å². The number of nitrogens with two attached hydrogens (primary N) is 1. The summed E-state index contributed by atoms with van der Waals surface area (Å²) in [5.74, 6) is -0.464. The highest BCUT2D eigenvalue weighted by molar-refractivity contribution is 6.32. The second-order valence-corrected chi connectivity index (χ2v) is 3.79. The van der Waals surface area contributed by atoms with E-state index in [0.29, 0.717) is 6.42 Å². The van der Waals surface area contributed by atoms with E-state index in [4.69, 9.17) is 27.0 Å². The molecule has 1 atom stereocenters. The minimum atomic E-state index is -0.525. The van der Waals surface area contributed by atoms with E-state index in [1.54, 1.807) is 0 Å². The Labute approximate surface area is 103 Å². The van der Waals surface area contributed by atoms with Crippen LogP contribution in [-0.4, -0.2) is 23.0 Å². The minimum absolute atomic E-state index is 0.0113. The lowest BCUT2D eigenvalue weighted by Gasteiger charge is -2.15. The average molecular weight is 260 g/mol. The normalized spacial score (nSPS) is 13.4. The van der Waals surface area contributed by atoms with E-state index in [-0.39, 0.29) is 16.6 Å². The summed E-state index contributed by atoms with van der Waals surface area (Å²) in [5, 5.41) is 14.1. The molecule has 0 aromatic carbocycles. The number of nitrogens with one attached hydrogen (secondary N) is 1. The Hall–Kier alpha value is -1.69. The first-order valence-electron chi connectivity index (χ1n) is 5.11. The predicted molar refractivity (Wildman–Crippen MR) is 63.3 cm³/mol. The van der Waals surface area contributed by atoms with Gasteiger partial charge in [0.15, 0.2) is 5.84 Å². The summed E-state index contributed by atoms with van der Waals surface area (Å²) in [5.41, 5.74) is 5.69. The van der Waals surface area contributed by atoms with Crippen molar-refractivity contribution in [1.29, 1.82) is 0 Å². The highest BCUT2D eigenvalue weighted by Gasteiger charge is 2.19. The van der Waals surface area contributed by atoms with Crippen molar-refractivity contribution in [2.24, 2.45) is 10.9 Å². The van der Waals surface area contributed by atoms with Crippen LogP contribution in [0.1, 0.15) is 30.1 Å². The van der Waals surface area contributed by atoms with Gasteiger partial charge in [0.25, 0.3) is 5.91 Å². The summed E-state index contributed by atoms with van der Waals surface area (Å²) < 4.78 is 4.81. The van der Waals surface area contributed by atoms with Crippen molar-refractivity contribution >= 4 is 23.3 Å². The largest absolute Gasteiger partial charge is 0.452 e. The van der Waals surface area contributed by atoms with Gasteiger partial charge in [0, 0.05) is 0 Å². The van der Waals surface area contributed by atoms with Crippen LogP contribution >= 0.6 is 11.6 Å². The van der Waals surface area contributed by atoms with Crippen molar-refractivity contribution in [3.05, 3.63) is 23.1 Å². The molecule has 1 aromatic rings. The van der Waals surface area contributed by atoms with Crippen LogP contribution in [0.25, 0.3) is 0 Å². The Balaban J connectivity index is 2.74. The van der Waals surface area contributed by atoms with Crippen molar-refractivity contribution < 1.29 is 14.4 Å². The molecule has 1 amide bonds. The number of halogens is 1. The van der Waals surface area contributed by atoms with E-state index in [1.807, 2.05) is 6.92 Å². The van der Waals surface area contributed by atoms with Crippen LogP contribution in [0.3, 0.4) is 0 Å². The topological polar surface area (TPSA) is 101 Å². The van der Waals surface area contributed by atoms with Crippen molar-refractivity contribution in [3.8, 4) is 0 Å². The summed E-state index contributed by atoms with van der Waals surface area (Å²) >= 11 is 5.67. The molecule has 1 rings (SSSR count). The van der Waals surface area contributed by atoms with Crippen LogP contribution in [0, 0.1) is 0 Å². The Morgan fingerprint density at radius 3 is 2.94 bits per heavy atom. The number of carbonyl (C=O) groups is 1. The van der Waals surface area contributed by atoms with Crippen molar-refractivity contribution in [2.45, 2.75) is 25.8 Å². The van der Waals surface area contributed by atoms with E-state index >= 15 is 0 Å². The summed E-state index contributed by atoms with van der Waals surface area (Å²) in [6, 6.07) is 0.927. The van der Waals surface area contributed by atoms with Gasteiger partial charge in [0.1, 0.15) is 0 Å². The Kier molecular flexibility index (Phi) is 4.84. The van der Waals surface area contributed by atoms with Crippen LogP contribution in [-0.2, 0) is 0 Å². The van der Waals surface area contributed by atoms with E-state index in [0.717, 1.165) is 6.42 Å². The van der Waals surface area contributed by atoms with Crippen molar-refractivity contribution in [3.63, 3.8) is 0 Å². The first-order chi connectivity index (χ1) is 8.10. The van der Waals surface area contributed by atoms with Gasteiger partial charge in [-0.2, -0.15) is 0 Å². The number of furan rings is 1. The number of carbonyl (C=O) groups excluding carboxylic acids is 1. The van der Waals surface area contributed by atoms with Gasteiger partial charge in [-0.1, -0.05) is 18.5 Å². The number of hydrogen-bond donors (Lipinski definition) is 3. The fourth-order valence-electron chi connectivity index (χ4n) is 1.34. The Morgan fingerprint density at radius 1 is 1.76 bits per heavy atom. The zero-order valence-electron chi connectivity index (χ0n) is 9.31. The number of amidine groups is 1. The standard InChI is InChI=1S/C10H14ClN3O3/c1-2-3-7(9(12)14-16)13-10(15)6-4-5-17-8(6)11/h4-5,7,16H,2-3H2,1H3,(H2,12,14)(H,13,15). The molecule has 0 aliphatic carbocycles. The van der Waals surface area contributed by atoms with Crippen molar-refractivity contribution in [2.75, 3.05) is 0 Å². The van der Waals surface area contributed by atoms with E-state index in [2.05, 4.69) is 10.5 Å². The Bertz CT molecular complexity index is 417. The van der Waals surface area contributed by atoms with Gasteiger partial charge in [-0.3, -0.25) is 4.79 Å². The first kappa shape index (κ1) is 13.4. The number of oxime groups is 1. The molecule has 0 aliphatic rings. The second kappa shape index (κ2) is 6.15. The lowest BCUT2D eigenvalue weighted by Crippen LogP contribution is -2.44. The lowest BCUT2D eigenvalue weighted by atomic mass is 10.1. The molecule has 6 nitrogen and oxygen atoms in total. The molecule has 17 heavy (non-hydrogen) atoms. The maximum atomic E-state index is 11.8. The SMILES string of the molecule is CCCC(NC(=O)c1ccoc1Cl)/C(N)=N/O. The number of nitrogens with zero attached hydrogens (tertiary/aromatic N) is 1. The van der Waals surface area contributed by atoms with Crippen molar-refractivity contribution in [1.82, 2.24) is 5.32 Å². The lowest BCUT2D eigenvalue weighted by molar-refractivity contribution is 0.0944. The van der Waals surface area contributed by atoms with Gasteiger partial charge >= 0.3 is 0 Å². The van der Waals surface area contributed by atoms with E-state index in [9.17, 15) is 4.79 Å². The smallest absolute Gasteiger partial charge is 0.256 e. The number of hydrogen-bond acceptors (Lipinski definition) is 4. The number of rotatable bonds is 5. The van der Waals surface area contributed by atoms with Crippen LogP contribution in [0.15, 0.2) is 21.9 Å². The second-order valence-electron chi connectivity index (χ2n) is 3.45. The third kappa shape index (κ3) is 3.39. The van der Waals surface area contributed by atoms with Crippen LogP contribution in [0.5, 0.6) is 0 Å². The highest BCUT2D eigenvalue weighted by Crippen LogP contribution is 2.16. The van der Waals surface area contributed by atoms with Gasteiger partial charge < -0.3 is 20.7 Å². The molecule has 7 heteroatoms. The molecule has 0 saturated heterocycles. The molecule has 0 radical (unpaired) electrons.